The van der Waals surface area contributed by atoms with Crippen LogP contribution in [0.5, 0.6) is 0 Å². The van der Waals surface area contributed by atoms with E-state index in [2.05, 4.69) is 20.3 Å². The number of nitrogens with one attached hydrogen (secondary N) is 1. The van der Waals surface area contributed by atoms with Gasteiger partial charge in [-0.25, -0.2) is 17.8 Å². The number of pyridine rings is 1. The first-order valence-corrected chi connectivity index (χ1v) is 15.7. The summed E-state index contributed by atoms with van der Waals surface area (Å²) in [6.07, 6.45) is 6.92. The number of H-pyrrole nitrogens is 1. The van der Waals surface area contributed by atoms with Crippen molar-refractivity contribution < 1.29 is 17.6 Å². The summed E-state index contributed by atoms with van der Waals surface area (Å²) in [7, 11) is -3.79. The average Bonchev–Trinajstić information content (AvgIpc) is 3.68. The molecule has 7 rings (SSSR count). The molecule has 6 heterocycles. The van der Waals surface area contributed by atoms with Crippen LogP contribution in [0.25, 0.3) is 28.0 Å². The molecule has 5 aromatic rings. The summed E-state index contributed by atoms with van der Waals surface area (Å²) in [6, 6.07) is 11.2. The van der Waals surface area contributed by atoms with Gasteiger partial charge in [0.15, 0.2) is 15.5 Å². The van der Waals surface area contributed by atoms with E-state index < -0.39 is 9.84 Å². The van der Waals surface area contributed by atoms with Gasteiger partial charge < -0.3 is 16.4 Å². The van der Waals surface area contributed by atoms with Gasteiger partial charge in [-0.1, -0.05) is 18.2 Å². The molecule has 2 unspecified atom stereocenters. The van der Waals surface area contributed by atoms with Crippen molar-refractivity contribution >= 4 is 33.0 Å². The Morgan fingerprint density at radius 2 is 1.79 bits per heavy atom. The normalized spacial score (nSPS) is 20.1. The molecule has 0 spiro atoms. The zero-order chi connectivity index (χ0) is 30.0. The minimum Gasteiger partial charge on any atom is -0.382 e. The number of piperidine rings is 1. The number of benzene rings is 1. The van der Waals surface area contributed by atoms with Crippen LogP contribution >= 0.6 is 0 Å². The van der Waals surface area contributed by atoms with Crippen LogP contribution in [0.1, 0.15) is 47.8 Å². The second kappa shape index (κ2) is 9.87. The van der Waals surface area contributed by atoms with E-state index in [0.717, 1.165) is 19.1 Å². The molecular formula is C29H28FN9O3S. The molecule has 0 aliphatic carbocycles. The highest BCUT2D eigenvalue weighted by molar-refractivity contribution is 7.91. The van der Waals surface area contributed by atoms with E-state index in [0.29, 0.717) is 52.3 Å². The fourth-order valence-electron chi connectivity index (χ4n) is 6.58. The van der Waals surface area contributed by atoms with Gasteiger partial charge in [0.2, 0.25) is 0 Å². The van der Waals surface area contributed by atoms with Gasteiger partial charge >= 0.3 is 0 Å². The first-order valence-electron chi connectivity index (χ1n) is 13.8. The van der Waals surface area contributed by atoms with Crippen molar-refractivity contribution in [3.05, 3.63) is 72.1 Å². The third kappa shape index (κ3) is 4.49. The average molecular weight is 602 g/mol. The molecule has 2 aliphatic heterocycles. The van der Waals surface area contributed by atoms with Crippen molar-refractivity contribution in [1.29, 1.82) is 0 Å². The summed E-state index contributed by atoms with van der Waals surface area (Å²) in [5.41, 5.74) is 15.4. The molecule has 0 saturated carbocycles. The van der Waals surface area contributed by atoms with Crippen LogP contribution in [-0.2, 0) is 9.84 Å². The van der Waals surface area contributed by atoms with Crippen LogP contribution in [0.3, 0.4) is 0 Å². The van der Waals surface area contributed by atoms with Crippen LogP contribution in [0.15, 0.2) is 59.8 Å². The molecule has 43 heavy (non-hydrogen) atoms. The van der Waals surface area contributed by atoms with Crippen LogP contribution < -0.4 is 11.5 Å². The number of hydrogen-bond acceptors (Lipinski definition) is 9. The number of halogens is 1. The Labute approximate surface area is 245 Å². The number of nitrogens with two attached hydrogens (primary N) is 2. The summed E-state index contributed by atoms with van der Waals surface area (Å²) in [5.74, 6) is -0.587. The minimum absolute atomic E-state index is 0.0246. The number of nitrogens with zero attached hydrogens (tertiary/aromatic N) is 6. The van der Waals surface area contributed by atoms with E-state index in [-0.39, 0.29) is 46.3 Å². The number of anilines is 2. The lowest BCUT2D eigenvalue weighted by Crippen LogP contribution is -2.46. The first kappa shape index (κ1) is 27.0. The number of amides is 1. The summed E-state index contributed by atoms with van der Waals surface area (Å²) in [6.45, 7) is 0. The van der Waals surface area contributed by atoms with E-state index >= 15 is 0 Å². The number of fused-ring (bicyclic) bond motifs is 3. The first-order chi connectivity index (χ1) is 20.6. The van der Waals surface area contributed by atoms with Gasteiger partial charge in [0, 0.05) is 53.2 Å². The SMILES string of the molecule is CS(=O)(=O)c1c(C2CC3CCC(C2)N3C(=O)c2cc(N)n[nH]2)nc2c(-c3ccc(-c4ccccc4F)nc3)cnn2c1N. The molecular weight excluding hydrogens is 573 g/mol. The van der Waals surface area contributed by atoms with Crippen LogP contribution in [0.2, 0.25) is 0 Å². The molecule has 2 bridgehead atoms. The summed E-state index contributed by atoms with van der Waals surface area (Å²) in [5, 5.41) is 10.9. The summed E-state index contributed by atoms with van der Waals surface area (Å²) < 4.78 is 41.8. The number of rotatable bonds is 5. The highest BCUT2D eigenvalue weighted by Crippen LogP contribution is 2.45. The smallest absolute Gasteiger partial charge is 0.272 e. The maximum atomic E-state index is 14.3. The standard InChI is InChI=1S/C29H28FN9O3S/c1-43(41,42)26-25(16-10-17-7-8-18(11-16)38(17)29(40)23-12-24(31)37-36-23)35-28-20(14-34-39(28)27(26)32)15-6-9-22(33-13-15)19-4-2-3-5-21(19)30/h2-6,9,12-14,16-18H,7-8,10-11,32H2,1H3,(H3,31,36,37). The van der Waals surface area contributed by atoms with E-state index in [1.165, 1.54) is 16.6 Å². The van der Waals surface area contributed by atoms with E-state index in [1.54, 1.807) is 42.7 Å². The zero-order valence-corrected chi connectivity index (χ0v) is 23.9. The largest absolute Gasteiger partial charge is 0.382 e. The third-order valence-electron chi connectivity index (χ3n) is 8.44. The second-order valence-electron chi connectivity index (χ2n) is 11.2. The molecule has 14 heteroatoms. The van der Waals surface area contributed by atoms with Gasteiger partial charge in [-0.15, -0.1) is 0 Å². The molecule has 2 aliphatic rings. The number of sulfone groups is 1. The molecule has 0 radical (unpaired) electrons. The summed E-state index contributed by atoms with van der Waals surface area (Å²) in [4.78, 5) is 24.5. The van der Waals surface area contributed by atoms with E-state index in [4.69, 9.17) is 16.5 Å². The molecule has 1 amide bonds. The number of aromatic amines is 1. The quantitative estimate of drug-likeness (QED) is 0.272. The summed E-state index contributed by atoms with van der Waals surface area (Å²) >= 11 is 0. The Balaban J connectivity index is 1.28. The van der Waals surface area contributed by atoms with Crippen molar-refractivity contribution in [2.45, 2.75) is 48.6 Å². The van der Waals surface area contributed by atoms with Gasteiger partial charge in [0.05, 0.1) is 17.6 Å². The second-order valence-corrected chi connectivity index (χ2v) is 13.1. The van der Waals surface area contributed by atoms with Crippen molar-refractivity contribution in [3.8, 4) is 22.4 Å². The third-order valence-corrected chi connectivity index (χ3v) is 9.60. The molecule has 5 N–H and O–H groups in total. The maximum absolute atomic E-state index is 14.3. The highest BCUT2D eigenvalue weighted by atomic mass is 32.2. The van der Waals surface area contributed by atoms with Crippen molar-refractivity contribution in [2.24, 2.45) is 0 Å². The molecule has 1 aromatic carbocycles. The molecule has 4 aromatic heterocycles. The van der Waals surface area contributed by atoms with Crippen molar-refractivity contribution in [3.63, 3.8) is 0 Å². The van der Waals surface area contributed by atoms with Gasteiger partial charge in [-0.2, -0.15) is 14.7 Å². The molecule has 12 nitrogen and oxygen atoms in total. The fourth-order valence-corrected chi connectivity index (χ4v) is 7.64. The van der Waals surface area contributed by atoms with Crippen LogP contribution in [-0.4, -0.2) is 67.3 Å². The van der Waals surface area contributed by atoms with Gasteiger partial charge in [0.25, 0.3) is 5.91 Å². The fraction of sp³-hybridized carbons (Fsp3) is 0.276. The van der Waals surface area contributed by atoms with Crippen molar-refractivity contribution in [2.75, 3.05) is 17.7 Å². The molecule has 2 saturated heterocycles. The molecule has 2 atom stereocenters. The maximum Gasteiger partial charge on any atom is 0.272 e. The van der Waals surface area contributed by atoms with Crippen molar-refractivity contribution in [1.82, 2.24) is 34.7 Å². The lowest BCUT2D eigenvalue weighted by atomic mass is 9.87. The Morgan fingerprint density at radius 1 is 1.05 bits per heavy atom. The van der Waals surface area contributed by atoms with Crippen LogP contribution in [0.4, 0.5) is 16.0 Å². The highest BCUT2D eigenvalue weighted by Gasteiger charge is 2.46. The minimum atomic E-state index is -3.79. The molecule has 2 fully saturated rings. The predicted molar refractivity (Wildman–Crippen MR) is 157 cm³/mol. The Morgan fingerprint density at radius 3 is 2.42 bits per heavy atom. The van der Waals surface area contributed by atoms with E-state index in [9.17, 15) is 17.6 Å². The Kier molecular flexibility index (Phi) is 6.20. The number of hydrogen-bond donors (Lipinski definition) is 3. The number of nitrogen functional groups attached to an aromatic ring is 2. The number of carbonyl (C=O) groups excluding carboxylic acids is 1. The Hall–Kier alpha value is -4.85. The van der Waals surface area contributed by atoms with Gasteiger partial charge in [-0.3, -0.25) is 14.9 Å². The zero-order valence-electron chi connectivity index (χ0n) is 23.1. The van der Waals surface area contributed by atoms with Gasteiger partial charge in [0.1, 0.15) is 28.0 Å². The molecule has 220 valence electrons. The lowest BCUT2D eigenvalue weighted by Gasteiger charge is -2.39. The van der Waals surface area contributed by atoms with E-state index in [1.807, 2.05) is 4.90 Å². The predicted octanol–water partition coefficient (Wildman–Crippen LogP) is 3.44. The lowest BCUT2D eigenvalue weighted by molar-refractivity contribution is 0.0562. The van der Waals surface area contributed by atoms with Gasteiger partial charge in [-0.05, 0) is 43.9 Å². The van der Waals surface area contributed by atoms with Crippen LogP contribution in [0, 0.1) is 5.82 Å². The number of carbonyl (C=O) groups is 1. The number of aromatic nitrogens is 6. The topological polar surface area (TPSA) is 178 Å². The monoisotopic (exact) mass is 601 g/mol. The Bertz CT molecular complexity index is 1990.